The third-order valence-electron chi connectivity index (χ3n) is 4.58. The van der Waals surface area contributed by atoms with Gasteiger partial charge in [0.05, 0.1) is 35.6 Å². The number of hydrogen-bond acceptors (Lipinski definition) is 7. The lowest BCUT2D eigenvalue weighted by Crippen LogP contribution is -2.30. The minimum atomic E-state index is -3.72. The van der Waals surface area contributed by atoms with Crippen LogP contribution in [0.25, 0.3) is 0 Å². The van der Waals surface area contributed by atoms with Crippen molar-refractivity contribution in [3.63, 3.8) is 0 Å². The van der Waals surface area contributed by atoms with Crippen LogP contribution in [0.4, 0.5) is 5.69 Å². The fraction of sp³-hybridized carbons (Fsp3) is 0.381. The maximum absolute atomic E-state index is 12.8. The van der Waals surface area contributed by atoms with Crippen molar-refractivity contribution in [2.45, 2.75) is 32.6 Å². The van der Waals surface area contributed by atoms with E-state index in [0.29, 0.717) is 24.5 Å². The van der Waals surface area contributed by atoms with E-state index in [1.54, 1.807) is 27.7 Å². The topological polar surface area (TPSA) is 115 Å². The van der Waals surface area contributed by atoms with E-state index in [9.17, 15) is 18.0 Å². The predicted molar refractivity (Wildman–Crippen MR) is 116 cm³/mol. The second kappa shape index (κ2) is 10.4. The number of rotatable bonds is 9. The molecule has 2 aromatic rings. The van der Waals surface area contributed by atoms with Gasteiger partial charge in [-0.25, -0.2) is 18.2 Å². The van der Waals surface area contributed by atoms with Crippen LogP contribution in [0.2, 0.25) is 0 Å². The normalized spacial score (nSPS) is 11.3. The molecule has 0 radical (unpaired) electrons. The number of anilines is 1. The Morgan fingerprint density at radius 2 is 1.77 bits per heavy atom. The van der Waals surface area contributed by atoms with Crippen molar-refractivity contribution in [2.24, 2.45) is 0 Å². The minimum Gasteiger partial charge on any atom is -0.495 e. The lowest BCUT2D eigenvalue weighted by atomic mass is 10.2. The first-order valence-electron chi connectivity index (χ1n) is 9.83. The molecule has 0 aliphatic heterocycles. The van der Waals surface area contributed by atoms with Crippen molar-refractivity contribution < 1.29 is 27.5 Å². The lowest BCUT2D eigenvalue weighted by molar-refractivity contribution is 0.0524. The summed E-state index contributed by atoms with van der Waals surface area (Å²) in [6.07, 6.45) is 0. The second-order valence-electron chi connectivity index (χ2n) is 6.46. The summed E-state index contributed by atoms with van der Waals surface area (Å²) < 4.78 is 37.2. The number of carbonyl (C=O) groups excluding carboxylic acids is 2. The summed E-state index contributed by atoms with van der Waals surface area (Å²) in [7, 11) is -2.30. The highest BCUT2D eigenvalue weighted by Gasteiger charge is 2.24. The maximum Gasteiger partial charge on any atom is 0.339 e. The zero-order chi connectivity index (χ0) is 23.2. The molecule has 0 fully saturated rings. The van der Waals surface area contributed by atoms with Gasteiger partial charge in [-0.15, -0.1) is 0 Å². The fourth-order valence-electron chi connectivity index (χ4n) is 2.96. The van der Waals surface area contributed by atoms with Gasteiger partial charge in [0, 0.05) is 13.1 Å². The number of aromatic nitrogens is 1. The number of amides is 1. The molecular formula is C21H27N3O6S. The summed E-state index contributed by atoms with van der Waals surface area (Å²) >= 11 is 0. The first kappa shape index (κ1) is 24.3. The number of pyridine rings is 1. The Hall–Kier alpha value is -2.98. The van der Waals surface area contributed by atoms with Gasteiger partial charge < -0.3 is 14.8 Å². The number of benzene rings is 1. The minimum absolute atomic E-state index is 0.0362. The van der Waals surface area contributed by atoms with E-state index < -0.39 is 21.9 Å². The molecule has 0 unspecified atom stereocenters. The number of ether oxygens (including phenoxy) is 2. The number of methoxy groups -OCH3 is 1. The molecule has 168 valence electrons. The molecule has 31 heavy (non-hydrogen) atoms. The number of carbonyl (C=O) groups is 2. The highest BCUT2D eigenvalue weighted by atomic mass is 32.2. The van der Waals surface area contributed by atoms with Gasteiger partial charge in [-0.05, 0) is 44.2 Å². The number of nitrogens with zero attached hydrogens (tertiary/aromatic N) is 2. The van der Waals surface area contributed by atoms with E-state index in [4.69, 9.17) is 9.47 Å². The standard InChI is InChI=1S/C21H27N3O6S/c1-6-24(7-2)31(27,28)15-9-12-19(29-5)18(13-15)23-20(25)17-11-10-16(14(4)22-17)21(26)30-8-3/h9-13H,6-8H2,1-5H3,(H,23,25). The highest BCUT2D eigenvalue weighted by Crippen LogP contribution is 2.29. The third-order valence-corrected chi connectivity index (χ3v) is 6.62. The Bertz CT molecular complexity index is 1060. The average Bonchev–Trinajstić information content (AvgIpc) is 2.74. The van der Waals surface area contributed by atoms with Crippen LogP contribution >= 0.6 is 0 Å². The average molecular weight is 450 g/mol. The van der Waals surface area contributed by atoms with E-state index in [2.05, 4.69) is 10.3 Å². The Kier molecular flexibility index (Phi) is 8.12. The van der Waals surface area contributed by atoms with Crippen LogP contribution in [0.5, 0.6) is 5.75 Å². The van der Waals surface area contributed by atoms with E-state index in [-0.39, 0.29) is 28.4 Å². The zero-order valence-electron chi connectivity index (χ0n) is 18.3. The summed E-state index contributed by atoms with van der Waals surface area (Å²) in [4.78, 5) is 28.9. The van der Waals surface area contributed by atoms with E-state index in [0.717, 1.165) is 0 Å². The van der Waals surface area contributed by atoms with Crippen LogP contribution < -0.4 is 10.1 Å². The summed E-state index contributed by atoms with van der Waals surface area (Å²) in [5.41, 5.74) is 0.860. The molecule has 10 heteroatoms. The van der Waals surface area contributed by atoms with Crippen molar-refractivity contribution >= 4 is 27.6 Å². The lowest BCUT2D eigenvalue weighted by Gasteiger charge is -2.19. The Labute approximate surface area is 182 Å². The molecule has 1 amide bonds. The molecular weight excluding hydrogens is 422 g/mol. The molecule has 1 aromatic carbocycles. The Balaban J connectivity index is 2.36. The van der Waals surface area contributed by atoms with Crippen LogP contribution in [-0.4, -0.2) is 56.4 Å². The molecule has 2 rings (SSSR count). The van der Waals surface area contributed by atoms with Crippen molar-refractivity contribution in [2.75, 3.05) is 32.1 Å². The molecule has 0 atom stereocenters. The second-order valence-corrected chi connectivity index (χ2v) is 8.39. The van der Waals surface area contributed by atoms with Crippen molar-refractivity contribution in [1.29, 1.82) is 0 Å². The molecule has 0 saturated carbocycles. The van der Waals surface area contributed by atoms with Crippen LogP contribution in [-0.2, 0) is 14.8 Å². The van der Waals surface area contributed by atoms with Gasteiger partial charge in [0.25, 0.3) is 5.91 Å². The smallest absolute Gasteiger partial charge is 0.339 e. The quantitative estimate of drug-likeness (QED) is 0.585. The molecule has 0 aliphatic rings. The van der Waals surface area contributed by atoms with Crippen LogP contribution in [0.15, 0.2) is 35.2 Å². The van der Waals surface area contributed by atoms with Gasteiger partial charge in [-0.1, -0.05) is 13.8 Å². The van der Waals surface area contributed by atoms with E-state index >= 15 is 0 Å². The number of nitrogens with one attached hydrogen (secondary N) is 1. The van der Waals surface area contributed by atoms with E-state index in [1.807, 2.05) is 0 Å². The van der Waals surface area contributed by atoms with Crippen molar-refractivity contribution in [1.82, 2.24) is 9.29 Å². The number of esters is 1. The Morgan fingerprint density at radius 3 is 2.32 bits per heavy atom. The Morgan fingerprint density at radius 1 is 1.10 bits per heavy atom. The van der Waals surface area contributed by atoms with Crippen LogP contribution in [0, 0.1) is 6.92 Å². The molecule has 0 aliphatic carbocycles. The largest absolute Gasteiger partial charge is 0.495 e. The van der Waals surface area contributed by atoms with Gasteiger partial charge >= 0.3 is 5.97 Å². The molecule has 0 spiro atoms. The summed E-state index contributed by atoms with van der Waals surface area (Å²) in [6, 6.07) is 7.13. The maximum atomic E-state index is 12.8. The zero-order valence-corrected chi connectivity index (χ0v) is 19.1. The number of hydrogen-bond donors (Lipinski definition) is 1. The molecule has 0 saturated heterocycles. The first-order chi connectivity index (χ1) is 14.7. The molecule has 1 aromatic heterocycles. The molecule has 1 heterocycles. The van der Waals surface area contributed by atoms with Gasteiger partial charge in [-0.2, -0.15) is 4.31 Å². The summed E-state index contributed by atoms with van der Waals surface area (Å²) in [6.45, 7) is 7.67. The van der Waals surface area contributed by atoms with Crippen molar-refractivity contribution in [3.05, 3.63) is 47.3 Å². The number of sulfonamides is 1. The third kappa shape index (κ3) is 5.39. The predicted octanol–water partition coefficient (Wildman–Crippen LogP) is 2.86. The van der Waals surface area contributed by atoms with E-state index in [1.165, 1.54) is 41.7 Å². The fourth-order valence-corrected chi connectivity index (χ4v) is 4.44. The summed E-state index contributed by atoms with van der Waals surface area (Å²) in [5.74, 6) is -0.795. The monoisotopic (exact) mass is 449 g/mol. The molecule has 9 nitrogen and oxygen atoms in total. The SMILES string of the molecule is CCOC(=O)c1ccc(C(=O)Nc2cc(S(=O)(=O)N(CC)CC)ccc2OC)nc1C. The van der Waals surface area contributed by atoms with Crippen LogP contribution in [0.3, 0.4) is 0 Å². The molecule has 0 bridgehead atoms. The van der Waals surface area contributed by atoms with Gasteiger partial charge in [0.2, 0.25) is 10.0 Å². The van der Waals surface area contributed by atoms with Gasteiger partial charge in [0.1, 0.15) is 11.4 Å². The van der Waals surface area contributed by atoms with Crippen molar-refractivity contribution in [3.8, 4) is 5.75 Å². The summed E-state index contributed by atoms with van der Waals surface area (Å²) in [5, 5.41) is 2.64. The van der Waals surface area contributed by atoms with Crippen LogP contribution in [0.1, 0.15) is 47.3 Å². The number of aryl methyl sites for hydroxylation is 1. The highest BCUT2D eigenvalue weighted by molar-refractivity contribution is 7.89. The molecule has 1 N–H and O–H groups in total. The van der Waals surface area contributed by atoms with Gasteiger partial charge in [-0.3, -0.25) is 4.79 Å². The van der Waals surface area contributed by atoms with Gasteiger partial charge in [0.15, 0.2) is 0 Å². The first-order valence-corrected chi connectivity index (χ1v) is 11.3.